The second-order valence-corrected chi connectivity index (χ2v) is 7.69. The van der Waals surface area contributed by atoms with E-state index in [2.05, 4.69) is 5.32 Å². The van der Waals surface area contributed by atoms with E-state index in [4.69, 9.17) is 0 Å². The van der Waals surface area contributed by atoms with Crippen molar-refractivity contribution in [3.8, 4) is 0 Å². The average Bonchev–Trinajstić information content (AvgIpc) is 2.69. The summed E-state index contributed by atoms with van der Waals surface area (Å²) in [6.07, 6.45) is 0. The van der Waals surface area contributed by atoms with Crippen LogP contribution in [0.3, 0.4) is 0 Å². The third kappa shape index (κ3) is 4.34. The minimum absolute atomic E-state index is 0.0558. The van der Waals surface area contributed by atoms with Crippen LogP contribution in [0, 0.1) is 11.6 Å². The van der Waals surface area contributed by atoms with Crippen molar-refractivity contribution in [2.75, 3.05) is 16.2 Å². The summed E-state index contributed by atoms with van der Waals surface area (Å²) in [5.74, 6) is -1.94. The number of sulfonamides is 1. The number of benzene rings is 3. The Hall–Kier alpha value is -3.26. The third-order valence-electron chi connectivity index (χ3n) is 3.88. The molecule has 0 fully saturated rings. The van der Waals surface area contributed by atoms with Crippen molar-refractivity contribution in [2.24, 2.45) is 0 Å². The van der Waals surface area contributed by atoms with Crippen LogP contribution in [-0.2, 0) is 14.8 Å². The van der Waals surface area contributed by atoms with Gasteiger partial charge in [0.05, 0.1) is 16.3 Å². The van der Waals surface area contributed by atoms with Crippen LogP contribution in [-0.4, -0.2) is 20.9 Å². The molecule has 28 heavy (non-hydrogen) atoms. The maximum Gasteiger partial charge on any atom is 0.264 e. The van der Waals surface area contributed by atoms with Gasteiger partial charge in [0.2, 0.25) is 5.91 Å². The second kappa shape index (κ2) is 8.18. The summed E-state index contributed by atoms with van der Waals surface area (Å²) in [7, 11) is -4.16. The van der Waals surface area contributed by atoms with Crippen LogP contribution < -0.4 is 9.62 Å². The van der Waals surface area contributed by atoms with Crippen molar-refractivity contribution in [2.45, 2.75) is 4.90 Å². The van der Waals surface area contributed by atoms with Crippen molar-refractivity contribution >= 4 is 27.3 Å². The molecule has 0 saturated heterocycles. The molecule has 0 unspecified atom stereocenters. The quantitative estimate of drug-likeness (QED) is 0.682. The highest BCUT2D eigenvalue weighted by atomic mass is 32.2. The molecule has 0 saturated carbocycles. The van der Waals surface area contributed by atoms with Crippen LogP contribution >= 0.6 is 0 Å². The van der Waals surface area contributed by atoms with Gasteiger partial charge in [-0.25, -0.2) is 17.2 Å². The monoisotopic (exact) mass is 402 g/mol. The van der Waals surface area contributed by atoms with Gasteiger partial charge in [0.1, 0.15) is 18.2 Å². The van der Waals surface area contributed by atoms with E-state index in [-0.39, 0.29) is 16.3 Å². The Labute approximate surface area is 161 Å². The van der Waals surface area contributed by atoms with Gasteiger partial charge in [-0.2, -0.15) is 0 Å². The topological polar surface area (TPSA) is 66.5 Å². The van der Waals surface area contributed by atoms with Gasteiger partial charge in [0.25, 0.3) is 10.0 Å². The first kappa shape index (κ1) is 19.5. The number of anilines is 2. The lowest BCUT2D eigenvalue weighted by molar-refractivity contribution is -0.114. The van der Waals surface area contributed by atoms with Gasteiger partial charge in [-0.05, 0) is 48.5 Å². The van der Waals surface area contributed by atoms with E-state index in [1.807, 2.05) is 0 Å². The van der Waals surface area contributed by atoms with Crippen molar-refractivity contribution in [1.29, 1.82) is 0 Å². The molecule has 0 bridgehead atoms. The molecule has 8 heteroatoms. The first-order valence-corrected chi connectivity index (χ1v) is 9.69. The zero-order chi connectivity index (χ0) is 20.1. The predicted octanol–water partition coefficient (Wildman–Crippen LogP) is 3.80. The Morgan fingerprint density at radius 2 is 1.46 bits per heavy atom. The maximum absolute atomic E-state index is 13.8. The van der Waals surface area contributed by atoms with Crippen LogP contribution in [0.15, 0.2) is 83.8 Å². The molecule has 0 aliphatic carbocycles. The molecule has 0 aliphatic heterocycles. The minimum atomic E-state index is -4.16. The van der Waals surface area contributed by atoms with Crippen molar-refractivity contribution in [3.05, 3.63) is 90.5 Å². The molecule has 0 spiro atoms. The van der Waals surface area contributed by atoms with Gasteiger partial charge in [0, 0.05) is 0 Å². The van der Waals surface area contributed by atoms with Crippen LogP contribution in [0.25, 0.3) is 0 Å². The van der Waals surface area contributed by atoms with Crippen LogP contribution in [0.4, 0.5) is 20.2 Å². The highest BCUT2D eigenvalue weighted by Crippen LogP contribution is 2.24. The van der Waals surface area contributed by atoms with Gasteiger partial charge in [-0.3, -0.25) is 9.10 Å². The second-order valence-electron chi connectivity index (χ2n) is 5.83. The van der Waals surface area contributed by atoms with E-state index in [1.54, 1.807) is 24.3 Å². The Morgan fingerprint density at radius 1 is 0.857 bits per heavy atom. The average molecular weight is 402 g/mol. The minimum Gasteiger partial charge on any atom is -0.322 e. The molecular formula is C20H16F2N2O3S. The fraction of sp³-hybridized carbons (Fsp3) is 0.0500. The van der Waals surface area contributed by atoms with Crippen LogP contribution in [0.1, 0.15) is 0 Å². The first-order chi connectivity index (χ1) is 13.4. The standard InChI is InChI=1S/C20H16F2N2O3S/c21-15-10-12-17(13-11-15)28(26,27)24(16-6-2-1-3-7-16)14-20(25)23-19-9-5-4-8-18(19)22/h1-13H,14H2,(H,23,25). The molecular weight excluding hydrogens is 386 g/mol. The van der Waals surface area contributed by atoms with Crippen LogP contribution in [0.2, 0.25) is 0 Å². The number of rotatable bonds is 6. The summed E-state index contributed by atoms with van der Waals surface area (Å²) in [5.41, 5.74) is 0.190. The number of hydrogen-bond acceptors (Lipinski definition) is 3. The van der Waals surface area contributed by atoms with E-state index >= 15 is 0 Å². The number of halogens is 2. The molecule has 0 atom stereocenters. The highest BCUT2D eigenvalue weighted by Gasteiger charge is 2.27. The summed E-state index contributed by atoms with van der Waals surface area (Å²) >= 11 is 0. The Balaban J connectivity index is 1.93. The third-order valence-corrected chi connectivity index (χ3v) is 5.67. The summed E-state index contributed by atoms with van der Waals surface area (Å²) in [5, 5.41) is 2.36. The molecule has 3 aromatic rings. The lowest BCUT2D eigenvalue weighted by Gasteiger charge is -2.24. The van der Waals surface area contributed by atoms with Gasteiger partial charge in [-0.15, -0.1) is 0 Å². The molecule has 5 nitrogen and oxygen atoms in total. The number of para-hydroxylation sites is 2. The van der Waals surface area contributed by atoms with E-state index in [0.717, 1.165) is 28.6 Å². The zero-order valence-electron chi connectivity index (χ0n) is 14.5. The van der Waals surface area contributed by atoms with Crippen LogP contribution in [0.5, 0.6) is 0 Å². The van der Waals surface area contributed by atoms with Gasteiger partial charge in [0.15, 0.2) is 0 Å². The molecule has 3 rings (SSSR count). The Kier molecular flexibility index (Phi) is 5.70. The number of amides is 1. The van der Waals surface area contributed by atoms with E-state index in [1.165, 1.54) is 30.3 Å². The number of carbonyl (C=O) groups excluding carboxylic acids is 1. The van der Waals surface area contributed by atoms with Gasteiger partial charge < -0.3 is 5.32 Å². The molecule has 0 radical (unpaired) electrons. The number of nitrogens with zero attached hydrogens (tertiary/aromatic N) is 1. The zero-order valence-corrected chi connectivity index (χ0v) is 15.4. The Morgan fingerprint density at radius 3 is 2.11 bits per heavy atom. The van der Waals surface area contributed by atoms with Crippen molar-refractivity contribution in [1.82, 2.24) is 0 Å². The molecule has 1 amide bonds. The number of hydrogen-bond donors (Lipinski definition) is 1. The lowest BCUT2D eigenvalue weighted by atomic mass is 10.3. The van der Waals surface area contributed by atoms with Gasteiger partial charge >= 0.3 is 0 Å². The van der Waals surface area contributed by atoms with Crippen molar-refractivity contribution < 1.29 is 22.0 Å². The SMILES string of the molecule is O=C(CN(c1ccccc1)S(=O)(=O)c1ccc(F)cc1)Nc1ccccc1F. The molecule has 3 aromatic carbocycles. The van der Waals surface area contributed by atoms with E-state index in [9.17, 15) is 22.0 Å². The van der Waals surface area contributed by atoms with Crippen molar-refractivity contribution in [3.63, 3.8) is 0 Å². The van der Waals surface area contributed by atoms with E-state index in [0.29, 0.717) is 0 Å². The largest absolute Gasteiger partial charge is 0.322 e. The summed E-state index contributed by atoms with van der Waals surface area (Å²) in [6.45, 7) is -0.585. The van der Waals surface area contributed by atoms with E-state index < -0.39 is 34.1 Å². The fourth-order valence-electron chi connectivity index (χ4n) is 2.53. The maximum atomic E-state index is 13.8. The lowest BCUT2D eigenvalue weighted by Crippen LogP contribution is -2.38. The molecule has 1 N–H and O–H groups in total. The summed E-state index contributed by atoms with van der Waals surface area (Å²) in [4.78, 5) is 12.3. The molecule has 144 valence electrons. The molecule has 0 aromatic heterocycles. The smallest absolute Gasteiger partial charge is 0.264 e. The molecule has 0 heterocycles. The fourth-order valence-corrected chi connectivity index (χ4v) is 3.95. The summed E-state index contributed by atoms with van der Waals surface area (Å²) in [6, 6.07) is 17.8. The molecule has 0 aliphatic rings. The summed E-state index contributed by atoms with van der Waals surface area (Å²) < 4.78 is 53.9. The van der Waals surface area contributed by atoms with Gasteiger partial charge in [-0.1, -0.05) is 30.3 Å². The predicted molar refractivity (Wildman–Crippen MR) is 102 cm³/mol. The normalized spacial score (nSPS) is 11.1. The Bertz CT molecular complexity index is 1070. The first-order valence-electron chi connectivity index (χ1n) is 8.25. The number of nitrogens with one attached hydrogen (secondary N) is 1. The highest BCUT2D eigenvalue weighted by molar-refractivity contribution is 7.92. The number of carbonyl (C=O) groups is 1.